The van der Waals surface area contributed by atoms with Crippen LogP contribution in [0.3, 0.4) is 0 Å². The van der Waals surface area contributed by atoms with E-state index >= 15 is 0 Å². The number of likely N-dealkylation sites (tertiary alicyclic amines) is 1. The van der Waals surface area contributed by atoms with Gasteiger partial charge in [0.2, 0.25) is 0 Å². The van der Waals surface area contributed by atoms with Gasteiger partial charge in [-0.3, -0.25) is 9.89 Å². The maximum Gasteiger partial charge on any atom is 0.151 e. The first kappa shape index (κ1) is 24.3. The van der Waals surface area contributed by atoms with Crippen LogP contribution in [0.1, 0.15) is 47.4 Å². The average Bonchev–Trinajstić information content (AvgIpc) is 3.46. The molecule has 196 valence electrons. The summed E-state index contributed by atoms with van der Waals surface area (Å²) in [6, 6.07) is 35.4. The number of hydrogen-bond acceptors (Lipinski definition) is 5. The number of H-pyrrole nitrogens is 1. The number of benzene rings is 4. The second kappa shape index (κ2) is 10.4. The van der Waals surface area contributed by atoms with Crippen molar-refractivity contribution < 1.29 is 0 Å². The van der Waals surface area contributed by atoms with Crippen molar-refractivity contribution in [2.75, 3.05) is 18.0 Å². The van der Waals surface area contributed by atoms with E-state index in [9.17, 15) is 5.26 Å². The Morgan fingerprint density at radius 2 is 1.65 bits per heavy atom. The van der Waals surface area contributed by atoms with Crippen molar-refractivity contribution in [1.82, 2.24) is 14.9 Å². The van der Waals surface area contributed by atoms with Gasteiger partial charge in [-0.05, 0) is 79.5 Å². The van der Waals surface area contributed by atoms with Gasteiger partial charge in [-0.2, -0.15) is 5.26 Å². The fraction of sp³-hybridized carbons (Fsp3) is 0.206. The van der Waals surface area contributed by atoms with Crippen LogP contribution in [0.15, 0.2) is 102 Å². The highest BCUT2D eigenvalue weighted by molar-refractivity contribution is 5.74. The second-order valence-corrected chi connectivity index (χ2v) is 10.7. The van der Waals surface area contributed by atoms with Crippen molar-refractivity contribution in [1.29, 1.82) is 5.26 Å². The molecule has 6 heteroatoms. The van der Waals surface area contributed by atoms with E-state index in [2.05, 4.69) is 93.8 Å². The largest absolute Gasteiger partial charge is 0.342 e. The number of piperidine rings is 1. The van der Waals surface area contributed by atoms with Crippen LogP contribution in [0.5, 0.6) is 0 Å². The third-order valence-electron chi connectivity index (χ3n) is 8.08. The van der Waals surface area contributed by atoms with Gasteiger partial charge in [-0.25, -0.2) is 4.98 Å². The first-order valence-corrected chi connectivity index (χ1v) is 13.9. The molecule has 1 fully saturated rings. The Labute approximate surface area is 233 Å². The molecular weight excluding hydrogens is 492 g/mol. The molecule has 5 aromatic rings. The van der Waals surface area contributed by atoms with Crippen molar-refractivity contribution in [3.8, 4) is 6.07 Å². The van der Waals surface area contributed by atoms with E-state index in [1.165, 1.54) is 5.56 Å². The highest BCUT2D eigenvalue weighted by Gasteiger charge is 2.24. The molecule has 0 amide bonds. The van der Waals surface area contributed by atoms with Crippen LogP contribution in [0, 0.1) is 11.3 Å². The Morgan fingerprint density at radius 1 is 0.875 bits per heavy atom. The van der Waals surface area contributed by atoms with E-state index in [0.717, 1.165) is 71.2 Å². The molecule has 0 spiro atoms. The van der Waals surface area contributed by atoms with Crippen molar-refractivity contribution in [2.45, 2.75) is 31.5 Å². The van der Waals surface area contributed by atoms with E-state index in [1.54, 1.807) is 0 Å². The number of imidazole rings is 1. The lowest BCUT2D eigenvalue weighted by molar-refractivity contribution is 0.202. The van der Waals surface area contributed by atoms with Gasteiger partial charge in [-0.1, -0.05) is 54.6 Å². The molecule has 1 N–H and O–H groups in total. The smallest absolute Gasteiger partial charge is 0.151 e. The molecule has 0 saturated carbocycles. The Balaban J connectivity index is 1.07. The first-order valence-electron chi connectivity index (χ1n) is 13.9. The number of hydrogen-bond donors (Lipinski definition) is 1. The fourth-order valence-electron chi connectivity index (χ4n) is 5.90. The van der Waals surface area contributed by atoms with Gasteiger partial charge in [0.25, 0.3) is 0 Å². The molecule has 1 saturated heterocycles. The predicted molar refractivity (Wildman–Crippen MR) is 158 cm³/mol. The lowest BCUT2D eigenvalue weighted by Gasteiger charge is -2.32. The third-order valence-corrected chi connectivity index (χ3v) is 8.08. The van der Waals surface area contributed by atoms with Crippen LogP contribution < -0.4 is 15.5 Å². The summed E-state index contributed by atoms with van der Waals surface area (Å²) in [5, 5.41) is 11.3. The van der Waals surface area contributed by atoms with Crippen molar-refractivity contribution >= 4 is 22.9 Å². The summed E-state index contributed by atoms with van der Waals surface area (Å²) in [5.74, 6) is 1.62. The topological polar surface area (TPSA) is 71.3 Å². The molecule has 0 bridgehead atoms. The Hall–Kier alpha value is -4.73. The van der Waals surface area contributed by atoms with Crippen LogP contribution in [-0.4, -0.2) is 28.0 Å². The number of aromatic nitrogens is 2. The number of anilines is 1. The Kier molecular flexibility index (Phi) is 6.35. The SMILES string of the molecule is N#Cc1ccc2c(c1)=CN(c1ccc(CN3CCC(c4nc5ccccc5[nH]4)CC3)cc1)C(c1ccccc1)N=2. The minimum absolute atomic E-state index is 0.162. The molecular formula is C34H30N6. The van der Waals surface area contributed by atoms with Crippen LogP contribution in [0.4, 0.5) is 5.69 Å². The second-order valence-electron chi connectivity index (χ2n) is 10.7. The third kappa shape index (κ3) is 4.76. The normalized spacial score (nSPS) is 17.6. The van der Waals surface area contributed by atoms with E-state index in [0.29, 0.717) is 11.5 Å². The standard InChI is InChI=1S/C34H30N6/c35-21-25-12-15-30-28(20-25)23-40(34(38-30)27-6-2-1-3-7-27)29-13-10-24(11-14-29)22-39-18-16-26(17-19-39)33-36-31-8-4-5-9-32(31)37-33/h1-15,20,23,26,34H,16-19,22H2,(H,36,37). The molecule has 2 aliphatic rings. The zero-order chi connectivity index (χ0) is 26.9. The summed E-state index contributed by atoms with van der Waals surface area (Å²) in [4.78, 5) is 18.2. The molecule has 1 aromatic heterocycles. The summed E-state index contributed by atoms with van der Waals surface area (Å²) in [5.41, 5.74) is 6.35. The Bertz CT molecular complexity index is 1780. The number of nitrogens with zero attached hydrogens (tertiary/aromatic N) is 5. The molecule has 0 radical (unpaired) electrons. The van der Waals surface area contributed by atoms with E-state index in [-0.39, 0.29) is 6.17 Å². The summed E-state index contributed by atoms with van der Waals surface area (Å²) in [6.45, 7) is 3.07. The highest BCUT2D eigenvalue weighted by Crippen LogP contribution is 2.31. The lowest BCUT2D eigenvalue weighted by Crippen LogP contribution is -2.38. The van der Waals surface area contributed by atoms with Crippen molar-refractivity contribution in [3.05, 3.63) is 130 Å². The molecule has 2 aliphatic heterocycles. The molecule has 4 aromatic carbocycles. The number of rotatable bonds is 5. The molecule has 6 nitrogen and oxygen atoms in total. The minimum Gasteiger partial charge on any atom is -0.342 e. The quantitative estimate of drug-likeness (QED) is 0.336. The van der Waals surface area contributed by atoms with E-state index in [1.807, 2.05) is 30.3 Å². The predicted octanol–water partition coefficient (Wildman–Crippen LogP) is 5.39. The fourth-order valence-corrected chi connectivity index (χ4v) is 5.90. The van der Waals surface area contributed by atoms with Crippen LogP contribution >= 0.6 is 0 Å². The summed E-state index contributed by atoms with van der Waals surface area (Å²) >= 11 is 0. The summed E-state index contributed by atoms with van der Waals surface area (Å²) in [6.07, 6.45) is 4.19. The number of fused-ring (bicyclic) bond motifs is 2. The van der Waals surface area contributed by atoms with Gasteiger partial charge >= 0.3 is 0 Å². The van der Waals surface area contributed by atoms with Gasteiger partial charge in [0.15, 0.2) is 6.17 Å². The van der Waals surface area contributed by atoms with E-state index in [4.69, 9.17) is 9.98 Å². The number of nitrogens with one attached hydrogen (secondary N) is 1. The van der Waals surface area contributed by atoms with Gasteiger partial charge in [-0.15, -0.1) is 0 Å². The van der Waals surface area contributed by atoms with Gasteiger partial charge < -0.3 is 9.88 Å². The molecule has 0 aliphatic carbocycles. The average molecular weight is 523 g/mol. The number of nitriles is 1. The van der Waals surface area contributed by atoms with Gasteiger partial charge in [0.1, 0.15) is 5.82 Å². The van der Waals surface area contributed by atoms with Crippen LogP contribution in [-0.2, 0) is 6.54 Å². The number of aromatic amines is 1. The summed E-state index contributed by atoms with van der Waals surface area (Å²) < 4.78 is 0. The van der Waals surface area contributed by atoms with Crippen LogP contribution in [0.2, 0.25) is 0 Å². The monoisotopic (exact) mass is 522 g/mol. The van der Waals surface area contributed by atoms with Crippen molar-refractivity contribution in [2.24, 2.45) is 4.99 Å². The van der Waals surface area contributed by atoms with Crippen LogP contribution in [0.25, 0.3) is 17.2 Å². The lowest BCUT2D eigenvalue weighted by atomic mass is 9.96. The van der Waals surface area contributed by atoms with Gasteiger partial charge in [0.05, 0.1) is 28.0 Å². The summed E-state index contributed by atoms with van der Waals surface area (Å²) in [7, 11) is 0. The molecule has 7 rings (SSSR count). The highest BCUT2D eigenvalue weighted by atomic mass is 15.2. The minimum atomic E-state index is -0.162. The maximum absolute atomic E-state index is 9.40. The first-order chi connectivity index (χ1) is 19.7. The maximum atomic E-state index is 9.40. The van der Waals surface area contributed by atoms with Crippen molar-refractivity contribution in [3.63, 3.8) is 0 Å². The molecule has 3 heterocycles. The van der Waals surface area contributed by atoms with E-state index < -0.39 is 0 Å². The van der Waals surface area contributed by atoms with Gasteiger partial charge in [0, 0.05) is 29.6 Å². The Morgan fingerprint density at radius 3 is 2.42 bits per heavy atom. The molecule has 1 atom stereocenters. The molecule has 1 unspecified atom stereocenters. The number of para-hydroxylation sites is 2. The zero-order valence-corrected chi connectivity index (χ0v) is 22.2. The zero-order valence-electron chi connectivity index (χ0n) is 22.2. The molecule has 40 heavy (non-hydrogen) atoms.